The summed E-state index contributed by atoms with van der Waals surface area (Å²) in [6, 6.07) is 0.755. The molecule has 0 saturated heterocycles. The predicted molar refractivity (Wildman–Crippen MR) is 89.2 cm³/mol. The molecule has 3 unspecified atom stereocenters. The van der Waals surface area contributed by atoms with Crippen molar-refractivity contribution in [3.63, 3.8) is 0 Å². The molecule has 21 heavy (non-hydrogen) atoms. The van der Waals surface area contributed by atoms with Crippen molar-refractivity contribution in [1.29, 1.82) is 0 Å². The zero-order chi connectivity index (χ0) is 15.9. The third-order valence-electron chi connectivity index (χ3n) is 5.08. The Morgan fingerprint density at radius 3 is 2.67 bits per heavy atom. The van der Waals surface area contributed by atoms with Gasteiger partial charge < -0.3 is 16.0 Å². The topological polar surface area (TPSA) is 58.4 Å². The first-order chi connectivity index (χ1) is 9.89. The van der Waals surface area contributed by atoms with Crippen LogP contribution in [-0.2, 0) is 4.79 Å². The Morgan fingerprint density at radius 1 is 1.38 bits per heavy atom. The van der Waals surface area contributed by atoms with Crippen LogP contribution in [0.5, 0.6) is 0 Å². The lowest BCUT2D eigenvalue weighted by atomic mass is 9.86. The summed E-state index contributed by atoms with van der Waals surface area (Å²) < 4.78 is 0. The second kappa shape index (κ2) is 8.74. The Kier molecular flexibility index (Phi) is 7.67. The van der Waals surface area contributed by atoms with Gasteiger partial charge in [-0.2, -0.15) is 0 Å². The lowest BCUT2D eigenvalue weighted by molar-refractivity contribution is -0.124. The molecule has 0 spiro atoms. The van der Waals surface area contributed by atoms with Crippen LogP contribution in [0.25, 0.3) is 0 Å². The van der Waals surface area contributed by atoms with Crippen LogP contribution < -0.4 is 11.1 Å². The van der Waals surface area contributed by atoms with Gasteiger partial charge in [-0.1, -0.05) is 26.7 Å². The Morgan fingerprint density at radius 2 is 2.10 bits per heavy atom. The lowest BCUT2D eigenvalue weighted by Gasteiger charge is -2.34. The minimum atomic E-state index is -0.549. The van der Waals surface area contributed by atoms with Crippen LogP contribution in [0.15, 0.2) is 0 Å². The molecule has 0 radical (unpaired) electrons. The smallest absolute Gasteiger partial charge is 0.237 e. The average molecular weight is 297 g/mol. The van der Waals surface area contributed by atoms with Crippen LogP contribution in [0.1, 0.15) is 65.7 Å². The molecule has 0 aromatic heterocycles. The molecule has 4 nitrogen and oxygen atoms in total. The van der Waals surface area contributed by atoms with Crippen molar-refractivity contribution in [2.24, 2.45) is 11.7 Å². The van der Waals surface area contributed by atoms with E-state index in [1.165, 1.54) is 25.7 Å². The van der Waals surface area contributed by atoms with Crippen molar-refractivity contribution in [1.82, 2.24) is 10.2 Å². The standard InChI is InChI=1S/C17H35N3O/c1-5-19-17(3,16(18)21)11-6-7-12-20(4)15-10-8-9-14(2)13-15/h14-15,19H,5-13H2,1-4H3,(H2,18,21). The van der Waals surface area contributed by atoms with E-state index in [1.54, 1.807) is 0 Å². The van der Waals surface area contributed by atoms with Crippen LogP contribution >= 0.6 is 0 Å². The SMILES string of the molecule is CCNC(C)(CCCCN(C)C1CCCC(C)C1)C(N)=O. The maximum Gasteiger partial charge on any atom is 0.237 e. The predicted octanol–water partition coefficient (Wildman–Crippen LogP) is 2.52. The second-order valence-corrected chi connectivity index (χ2v) is 7.09. The fourth-order valence-corrected chi connectivity index (χ4v) is 3.51. The molecule has 3 N–H and O–H groups in total. The largest absolute Gasteiger partial charge is 0.368 e. The molecule has 4 heteroatoms. The van der Waals surface area contributed by atoms with Gasteiger partial charge >= 0.3 is 0 Å². The quantitative estimate of drug-likeness (QED) is 0.643. The van der Waals surface area contributed by atoms with E-state index < -0.39 is 5.54 Å². The van der Waals surface area contributed by atoms with E-state index >= 15 is 0 Å². The number of carbonyl (C=O) groups is 1. The molecule has 0 aromatic carbocycles. The van der Waals surface area contributed by atoms with Crippen molar-refractivity contribution in [3.05, 3.63) is 0 Å². The molecule has 1 aliphatic rings. The van der Waals surface area contributed by atoms with E-state index in [0.29, 0.717) is 0 Å². The van der Waals surface area contributed by atoms with Crippen molar-refractivity contribution in [2.45, 2.75) is 77.3 Å². The maximum atomic E-state index is 11.6. The average Bonchev–Trinajstić information content (AvgIpc) is 2.43. The molecule has 1 amide bonds. The van der Waals surface area contributed by atoms with Gasteiger partial charge in [0.25, 0.3) is 0 Å². The number of nitrogens with one attached hydrogen (secondary N) is 1. The Hall–Kier alpha value is -0.610. The highest BCUT2D eigenvalue weighted by Gasteiger charge is 2.29. The van der Waals surface area contributed by atoms with Gasteiger partial charge in [0.05, 0.1) is 5.54 Å². The van der Waals surface area contributed by atoms with E-state index in [2.05, 4.69) is 24.2 Å². The number of nitrogens with zero attached hydrogens (tertiary/aromatic N) is 1. The van der Waals surface area contributed by atoms with Gasteiger partial charge in [0.15, 0.2) is 0 Å². The second-order valence-electron chi connectivity index (χ2n) is 7.09. The summed E-state index contributed by atoms with van der Waals surface area (Å²) in [4.78, 5) is 14.1. The summed E-state index contributed by atoms with van der Waals surface area (Å²) in [7, 11) is 2.25. The molecular formula is C17H35N3O. The molecular weight excluding hydrogens is 262 g/mol. The molecule has 1 fully saturated rings. The van der Waals surface area contributed by atoms with Gasteiger partial charge in [-0.25, -0.2) is 0 Å². The molecule has 1 rings (SSSR count). The Balaban J connectivity index is 2.27. The van der Waals surface area contributed by atoms with Gasteiger partial charge in [0, 0.05) is 6.04 Å². The number of nitrogens with two attached hydrogens (primary N) is 1. The van der Waals surface area contributed by atoms with Crippen LogP contribution in [0.3, 0.4) is 0 Å². The van der Waals surface area contributed by atoms with Crippen LogP contribution in [0.2, 0.25) is 0 Å². The Labute approximate surface area is 130 Å². The summed E-state index contributed by atoms with van der Waals surface area (Å²) in [6.07, 6.45) is 8.45. The van der Waals surface area contributed by atoms with E-state index in [0.717, 1.165) is 44.3 Å². The normalized spacial score (nSPS) is 25.8. The third-order valence-corrected chi connectivity index (χ3v) is 5.08. The molecule has 1 saturated carbocycles. The first-order valence-corrected chi connectivity index (χ1v) is 8.64. The summed E-state index contributed by atoms with van der Waals surface area (Å²) in [5.41, 5.74) is 4.97. The molecule has 0 heterocycles. The third kappa shape index (κ3) is 5.95. The van der Waals surface area contributed by atoms with Crippen molar-refractivity contribution < 1.29 is 4.79 Å². The number of primary amides is 1. The minimum absolute atomic E-state index is 0.237. The molecule has 0 aromatic rings. The Bertz CT molecular complexity index is 321. The van der Waals surface area contributed by atoms with Gasteiger partial charge in [-0.15, -0.1) is 0 Å². The van der Waals surface area contributed by atoms with E-state index in [9.17, 15) is 4.79 Å². The first-order valence-electron chi connectivity index (χ1n) is 8.64. The zero-order valence-corrected chi connectivity index (χ0v) is 14.5. The number of unbranched alkanes of at least 4 members (excludes halogenated alkanes) is 1. The van der Waals surface area contributed by atoms with Crippen molar-refractivity contribution >= 4 is 5.91 Å². The molecule has 0 aliphatic heterocycles. The molecule has 1 aliphatic carbocycles. The number of carbonyl (C=O) groups excluding carboxylic acids is 1. The number of likely N-dealkylation sites (N-methyl/N-ethyl adjacent to an activating group) is 1. The minimum Gasteiger partial charge on any atom is -0.368 e. The molecule has 3 atom stereocenters. The summed E-state index contributed by atoms with van der Waals surface area (Å²) in [6.45, 7) is 8.21. The number of hydrogen-bond acceptors (Lipinski definition) is 3. The summed E-state index contributed by atoms with van der Waals surface area (Å²) in [5, 5.41) is 3.23. The first kappa shape index (κ1) is 18.4. The zero-order valence-electron chi connectivity index (χ0n) is 14.5. The van der Waals surface area contributed by atoms with Gasteiger partial charge in [0.2, 0.25) is 5.91 Å². The lowest BCUT2D eigenvalue weighted by Crippen LogP contribution is -2.53. The number of rotatable bonds is 9. The fraction of sp³-hybridized carbons (Fsp3) is 0.941. The summed E-state index contributed by atoms with van der Waals surface area (Å²) in [5.74, 6) is 0.636. The molecule has 0 bridgehead atoms. The van der Waals surface area contributed by atoms with Crippen LogP contribution in [0.4, 0.5) is 0 Å². The van der Waals surface area contributed by atoms with Gasteiger partial charge in [0.1, 0.15) is 0 Å². The van der Waals surface area contributed by atoms with E-state index in [-0.39, 0.29) is 5.91 Å². The monoisotopic (exact) mass is 297 g/mol. The maximum absolute atomic E-state index is 11.6. The number of amides is 1. The highest BCUT2D eigenvalue weighted by Crippen LogP contribution is 2.26. The molecule has 124 valence electrons. The fourth-order valence-electron chi connectivity index (χ4n) is 3.51. The van der Waals surface area contributed by atoms with Crippen LogP contribution in [0, 0.1) is 5.92 Å². The van der Waals surface area contributed by atoms with Crippen LogP contribution in [-0.4, -0.2) is 42.5 Å². The summed E-state index contributed by atoms with van der Waals surface area (Å²) >= 11 is 0. The van der Waals surface area contributed by atoms with Crippen molar-refractivity contribution in [2.75, 3.05) is 20.1 Å². The van der Waals surface area contributed by atoms with E-state index in [1.807, 2.05) is 13.8 Å². The highest BCUT2D eigenvalue weighted by molar-refractivity contribution is 5.84. The van der Waals surface area contributed by atoms with Crippen molar-refractivity contribution in [3.8, 4) is 0 Å². The van der Waals surface area contributed by atoms with Gasteiger partial charge in [-0.3, -0.25) is 4.79 Å². The van der Waals surface area contributed by atoms with Gasteiger partial charge in [-0.05, 0) is 65.1 Å². The highest BCUT2D eigenvalue weighted by atomic mass is 16.1. The van der Waals surface area contributed by atoms with E-state index in [4.69, 9.17) is 5.73 Å². The number of hydrogen-bond donors (Lipinski definition) is 2.